The largest absolute Gasteiger partial charge is 0.496 e. The predicted octanol–water partition coefficient (Wildman–Crippen LogP) is 2.61. The summed E-state index contributed by atoms with van der Waals surface area (Å²) in [6.45, 7) is 4.08. The van der Waals surface area contributed by atoms with Crippen LogP contribution in [0.4, 0.5) is 0 Å². The molecule has 1 aromatic carbocycles. The summed E-state index contributed by atoms with van der Waals surface area (Å²) < 4.78 is 5.40. The number of hydrogen-bond donors (Lipinski definition) is 5. The molecule has 1 saturated carbocycles. The number of ketones is 1. The van der Waals surface area contributed by atoms with Crippen molar-refractivity contribution in [3.8, 4) is 5.75 Å². The maximum atomic E-state index is 13.8. The number of methoxy groups -OCH3 is 1. The molecule has 11 nitrogen and oxygen atoms in total. The fourth-order valence-corrected chi connectivity index (χ4v) is 5.36. The average Bonchev–Trinajstić information content (AvgIpc) is 3.44. The second-order valence-corrected chi connectivity index (χ2v) is 11.2. The number of benzene rings is 1. The fraction of sp³-hybridized carbons (Fsp3) is 0.452. The van der Waals surface area contributed by atoms with E-state index in [2.05, 4.69) is 25.9 Å². The zero-order valence-electron chi connectivity index (χ0n) is 24.3. The van der Waals surface area contributed by atoms with E-state index in [0.717, 1.165) is 37.5 Å². The average molecular weight is 578 g/mol. The molecule has 0 spiro atoms. The Kier molecular flexibility index (Phi) is 10.2. The highest BCUT2D eigenvalue weighted by Gasteiger charge is 2.35. The van der Waals surface area contributed by atoms with Crippen LogP contribution >= 0.6 is 0 Å². The highest BCUT2D eigenvalue weighted by molar-refractivity contribution is 6.38. The summed E-state index contributed by atoms with van der Waals surface area (Å²) in [6, 6.07) is 8.01. The van der Waals surface area contributed by atoms with Crippen LogP contribution in [0.2, 0.25) is 0 Å². The minimum absolute atomic E-state index is 0.113. The summed E-state index contributed by atoms with van der Waals surface area (Å²) in [7, 11) is 1.55. The van der Waals surface area contributed by atoms with Crippen LogP contribution in [0.5, 0.6) is 5.75 Å². The molecular formula is C31H39N5O6. The van der Waals surface area contributed by atoms with Crippen molar-refractivity contribution in [3.63, 3.8) is 0 Å². The number of carbonyl (C=O) groups is 4. The lowest BCUT2D eigenvalue weighted by Gasteiger charge is -2.31. The second-order valence-electron chi connectivity index (χ2n) is 11.2. The van der Waals surface area contributed by atoms with E-state index >= 15 is 0 Å². The first-order valence-corrected chi connectivity index (χ1v) is 14.4. The van der Waals surface area contributed by atoms with Gasteiger partial charge in [-0.25, -0.2) is 0 Å². The van der Waals surface area contributed by atoms with Gasteiger partial charge in [0.2, 0.25) is 11.7 Å². The Balaban J connectivity index is 1.59. The van der Waals surface area contributed by atoms with E-state index < -0.39 is 41.1 Å². The number of aromatic nitrogens is 2. The summed E-state index contributed by atoms with van der Waals surface area (Å²) in [5.41, 5.74) is 0.806. The van der Waals surface area contributed by atoms with Gasteiger partial charge in [-0.2, -0.15) is 0 Å². The molecule has 3 amide bonds. The molecule has 0 radical (unpaired) electrons. The molecule has 2 atom stereocenters. The minimum Gasteiger partial charge on any atom is -0.496 e. The lowest BCUT2D eigenvalue weighted by molar-refractivity contribution is -0.140. The molecule has 1 fully saturated rings. The zero-order valence-corrected chi connectivity index (χ0v) is 24.3. The van der Waals surface area contributed by atoms with Crippen LogP contribution in [0.3, 0.4) is 0 Å². The van der Waals surface area contributed by atoms with Gasteiger partial charge < -0.3 is 30.7 Å². The molecule has 2 heterocycles. The van der Waals surface area contributed by atoms with E-state index in [1.165, 1.54) is 6.20 Å². The molecule has 4 rings (SSSR count). The van der Waals surface area contributed by atoms with Gasteiger partial charge in [0.25, 0.3) is 17.4 Å². The van der Waals surface area contributed by atoms with Crippen molar-refractivity contribution < 1.29 is 23.9 Å². The van der Waals surface area contributed by atoms with Gasteiger partial charge in [0.15, 0.2) is 0 Å². The molecule has 0 saturated heterocycles. The van der Waals surface area contributed by atoms with E-state index in [1.54, 1.807) is 31.4 Å². The molecule has 224 valence electrons. The molecule has 42 heavy (non-hydrogen) atoms. The van der Waals surface area contributed by atoms with Gasteiger partial charge in [0.1, 0.15) is 23.5 Å². The fourth-order valence-electron chi connectivity index (χ4n) is 5.36. The first-order valence-electron chi connectivity index (χ1n) is 14.4. The molecule has 1 aliphatic carbocycles. The van der Waals surface area contributed by atoms with Crippen molar-refractivity contribution in [1.82, 2.24) is 25.9 Å². The van der Waals surface area contributed by atoms with Crippen molar-refractivity contribution >= 4 is 34.4 Å². The normalized spacial score (nSPS) is 15.1. The van der Waals surface area contributed by atoms with Crippen molar-refractivity contribution in [2.75, 3.05) is 13.7 Å². The Bertz CT molecular complexity index is 1490. The quantitative estimate of drug-likeness (QED) is 0.208. The van der Waals surface area contributed by atoms with Crippen molar-refractivity contribution in [2.45, 2.75) is 64.5 Å². The van der Waals surface area contributed by atoms with Crippen LogP contribution in [0.1, 0.15) is 62.0 Å². The van der Waals surface area contributed by atoms with Gasteiger partial charge in [-0.3, -0.25) is 24.0 Å². The molecular weight excluding hydrogens is 538 g/mol. The van der Waals surface area contributed by atoms with Gasteiger partial charge in [-0.15, -0.1) is 0 Å². The Labute approximate surface area is 244 Å². The molecule has 2 unspecified atom stereocenters. The van der Waals surface area contributed by atoms with Crippen LogP contribution in [-0.4, -0.2) is 59.2 Å². The van der Waals surface area contributed by atoms with Gasteiger partial charge in [0, 0.05) is 35.6 Å². The first kappa shape index (κ1) is 30.5. The second kappa shape index (κ2) is 14.0. The van der Waals surface area contributed by atoms with Crippen LogP contribution in [-0.2, 0) is 20.8 Å². The van der Waals surface area contributed by atoms with Gasteiger partial charge >= 0.3 is 0 Å². The predicted molar refractivity (Wildman–Crippen MR) is 158 cm³/mol. The molecule has 0 bridgehead atoms. The molecule has 11 heteroatoms. The van der Waals surface area contributed by atoms with Gasteiger partial charge in [0.05, 0.1) is 7.11 Å². The van der Waals surface area contributed by atoms with E-state index in [4.69, 9.17) is 4.74 Å². The molecule has 3 aromatic rings. The van der Waals surface area contributed by atoms with E-state index in [1.807, 2.05) is 26.0 Å². The van der Waals surface area contributed by atoms with E-state index in [-0.39, 0.29) is 36.1 Å². The first-order chi connectivity index (χ1) is 20.2. The Morgan fingerprint density at radius 3 is 2.48 bits per heavy atom. The van der Waals surface area contributed by atoms with Crippen molar-refractivity contribution in [1.29, 1.82) is 0 Å². The van der Waals surface area contributed by atoms with E-state index in [9.17, 15) is 24.0 Å². The molecule has 5 N–H and O–H groups in total. The van der Waals surface area contributed by atoms with Crippen molar-refractivity contribution in [2.24, 2.45) is 11.8 Å². The SMILES string of the molecule is COc1cccc2[nH]c(C(=O)NC(C(=O)NC(Cc3ccc[nH]c3=O)C(=O)C(=O)NCC(C)C)C3CCCCC3)cc12. The number of fused-ring (bicyclic) bond motifs is 1. The molecule has 2 aromatic heterocycles. The Morgan fingerprint density at radius 1 is 1.02 bits per heavy atom. The monoisotopic (exact) mass is 577 g/mol. The van der Waals surface area contributed by atoms with Gasteiger partial charge in [-0.05, 0) is 48.9 Å². The summed E-state index contributed by atoms with van der Waals surface area (Å²) in [5.74, 6) is -2.19. The van der Waals surface area contributed by atoms with Crippen LogP contribution in [0.25, 0.3) is 10.9 Å². The standard InChI is InChI=1S/C31H39N5O6/c1-18(2)17-33-31(41)27(37)23(15-20-11-8-14-32-28(20)38)35-30(40)26(19-9-5-4-6-10-19)36-29(39)24-16-21-22(34-24)12-7-13-25(21)42-3/h7-8,11-14,16,18-19,23,26,34H,4-6,9-10,15,17H2,1-3H3,(H,32,38)(H,33,41)(H,35,40)(H,36,39). The van der Waals surface area contributed by atoms with Gasteiger partial charge in [-0.1, -0.05) is 45.2 Å². The number of hydrogen-bond acceptors (Lipinski definition) is 6. The van der Waals surface area contributed by atoms with E-state index in [0.29, 0.717) is 11.3 Å². The third-order valence-corrected chi connectivity index (χ3v) is 7.63. The highest BCUT2D eigenvalue weighted by Crippen LogP contribution is 2.28. The Morgan fingerprint density at radius 2 is 1.79 bits per heavy atom. The molecule has 0 aliphatic heterocycles. The maximum absolute atomic E-state index is 13.8. The van der Waals surface area contributed by atoms with Crippen molar-refractivity contribution in [3.05, 3.63) is 64.2 Å². The third-order valence-electron chi connectivity index (χ3n) is 7.63. The number of H-pyrrole nitrogens is 2. The number of aromatic amines is 2. The lowest BCUT2D eigenvalue weighted by Crippen LogP contribution is -2.57. The topological polar surface area (TPSA) is 162 Å². The zero-order chi connectivity index (χ0) is 30.2. The maximum Gasteiger partial charge on any atom is 0.289 e. The Hall–Kier alpha value is -4.41. The number of carbonyl (C=O) groups excluding carboxylic acids is 4. The number of ether oxygens (including phenoxy) is 1. The number of amides is 3. The van der Waals surface area contributed by atoms with Crippen LogP contribution in [0, 0.1) is 11.8 Å². The number of rotatable bonds is 12. The summed E-state index contributed by atoms with van der Waals surface area (Å²) in [6.07, 6.45) is 5.60. The highest BCUT2D eigenvalue weighted by atomic mass is 16.5. The molecule has 1 aliphatic rings. The summed E-state index contributed by atoms with van der Waals surface area (Å²) in [5, 5.41) is 8.93. The summed E-state index contributed by atoms with van der Waals surface area (Å²) in [4.78, 5) is 71.3. The van der Waals surface area contributed by atoms with Crippen LogP contribution in [0.15, 0.2) is 47.4 Å². The number of Topliss-reactive ketones (excluding diaryl/α,β-unsaturated/α-hetero) is 1. The van der Waals surface area contributed by atoms with Crippen LogP contribution < -0.4 is 26.2 Å². The summed E-state index contributed by atoms with van der Waals surface area (Å²) >= 11 is 0. The third kappa shape index (κ3) is 7.45. The number of nitrogens with one attached hydrogen (secondary N) is 5. The minimum atomic E-state index is -1.30. The number of pyridine rings is 1. The lowest BCUT2D eigenvalue weighted by atomic mass is 9.83. The smallest absolute Gasteiger partial charge is 0.289 e.